The number of Topliss-reactive ketones (excluding diaryl/α,β-unsaturated/α-hetero) is 1. The Morgan fingerprint density at radius 3 is 2.51 bits per heavy atom. The van der Waals surface area contributed by atoms with E-state index in [1.54, 1.807) is 4.90 Å². The molecule has 1 amide bonds. The van der Waals surface area contributed by atoms with Crippen LogP contribution in [0.2, 0.25) is 0 Å². The van der Waals surface area contributed by atoms with Gasteiger partial charge in [-0.05, 0) is 37.5 Å². The van der Waals surface area contributed by atoms with Gasteiger partial charge in [0.15, 0.2) is 5.76 Å². The number of aryl methyl sites for hydroxylation is 2. The molecular weight excluding hydrogens is 444 g/mol. The Bertz CT molecular complexity index is 1290. The number of pyridine rings is 1. The van der Waals surface area contributed by atoms with Crippen LogP contribution in [0.3, 0.4) is 0 Å². The molecule has 1 unspecified atom stereocenters. The number of amides is 1. The molecule has 2 aliphatic heterocycles. The van der Waals surface area contributed by atoms with Gasteiger partial charge in [-0.2, -0.15) is 0 Å². The van der Waals surface area contributed by atoms with E-state index in [-0.39, 0.29) is 11.3 Å². The Kier molecular flexibility index (Phi) is 6.40. The van der Waals surface area contributed by atoms with Crippen molar-refractivity contribution in [2.75, 3.05) is 39.4 Å². The first-order chi connectivity index (χ1) is 17.0. The first kappa shape index (κ1) is 23.3. The molecule has 8 nitrogen and oxygen atoms in total. The SMILES string of the molecule is Cc1cccn2c(C)c(C(O)=C3C(=O)C(=O)N(CCCN4CCOCC4)C3c3ccccc3)nc12. The highest BCUT2D eigenvalue weighted by Crippen LogP contribution is 2.39. The van der Waals surface area contributed by atoms with Gasteiger partial charge in [-0.15, -0.1) is 0 Å². The van der Waals surface area contributed by atoms with Gasteiger partial charge < -0.3 is 19.1 Å². The molecule has 2 fully saturated rings. The molecule has 182 valence electrons. The predicted molar refractivity (Wildman–Crippen MR) is 132 cm³/mol. The number of ether oxygens (including phenoxy) is 1. The lowest BCUT2D eigenvalue weighted by molar-refractivity contribution is -0.140. The molecule has 5 rings (SSSR count). The molecule has 1 aromatic carbocycles. The van der Waals surface area contributed by atoms with E-state index in [0.29, 0.717) is 36.8 Å². The van der Waals surface area contributed by atoms with Gasteiger partial charge in [-0.1, -0.05) is 36.4 Å². The Morgan fingerprint density at radius 2 is 1.80 bits per heavy atom. The first-order valence-corrected chi connectivity index (χ1v) is 12.1. The maximum absolute atomic E-state index is 13.3. The minimum Gasteiger partial charge on any atom is -0.505 e. The Hall–Kier alpha value is -3.49. The lowest BCUT2D eigenvalue weighted by atomic mass is 9.96. The first-order valence-electron chi connectivity index (χ1n) is 12.1. The van der Waals surface area contributed by atoms with Gasteiger partial charge in [0.1, 0.15) is 11.3 Å². The molecule has 0 spiro atoms. The number of imidazole rings is 1. The summed E-state index contributed by atoms with van der Waals surface area (Å²) in [6, 6.07) is 12.6. The average molecular weight is 475 g/mol. The van der Waals surface area contributed by atoms with E-state index in [9.17, 15) is 14.7 Å². The highest BCUT2D eigenvalue weighted by Gasteiger charge is 2.46. The zero-order valence-corrected chi connectivity index (χ0v) is 20.1. The largest absolute Gasteiger partial charge is 0.505 e. The highest BCUT2D eigenvalue weighted by atomic mass is 16.5. The number of aliphatic hydroxyl groups is 1. The zero-order chi connectivity index (χ0) is 24.5. The lowest BCUT2D eigenvalue weighted by Gasteiger charge is -2.29. The molecule has 8 heteroatoms. The molecule has 0 radical (unpaired) electrons. The van der Waals surface area contributed by atoms with E-state index in [4.69, 9.17) is 4.74 Å². The van der Waals surface area contributed by atoms with Gasteiger partial charge >= 0.3 is 0 Å². The topological polar surface area (TPSA) is 87.4 Å². The highest BCUT2D eigenvalue weighted by molar-refractivity contribution is 6.46. The number of aliphatic hydroxyl groups excluding tert-OH is 1. The Morgan fingerprint density at radius 1 is 1.06 bits per heavy atom. The van der Waals surface area contributed by atoms with Gasteiger partial charge in [0, 0.05) is 32.4 Å². The van der Waals surface area contributed by atoms with Gasteiger partial charge in [-0.25, -0.2) is 4.98 Å². The summed E-state index contributed by atoms with van der Waals surface area (Å²) in [5.41, 5.74) is 3.59. The van der Waals surface area contributed by atoms with Crippen molar-refractivity contribution in [3.8, 4) is 0 Å². The number of ketones is 1. The van der Waals surface area contributed by atoms with Crippen LogP contribution in [0, 0.1) is 13.8 Å². The van der Waals surface area contributed by atoms with Crippen LogP contribution >= 0.6 is 0 Å². The standard InChI is InChI=1S/C27H30N4O4/c1-18-8-6-12-30-19(2)22(28-26(18)30)24(32)21-23(20-9-4-3-5-10-20)31(27(34)25(21)33)13-7-11-29-14-16-35-17-15-29/h3-6,8-10,12,23,32H,7,11,13-17H2,1-2H3. The van der Waals surface area contributed by atoms with Gasteiger partial charge in [0.25, 0.3) is 11.7 Å². The van der Waals surface area contributed by atoms with Gasteiger partial charge in [0.2, 0.25) is 0 Å². The van der Waals surface area contributed by atoms with Crippen LogP contribution in [0.1, 0.15) is 35.0 Å². The molecule has 1 atom stereocenters. The third-order valence-electron chi connectivity index (χ3n) is 6.94. The summed E-state index contributed by atoms with van der Waals surface area (Å²) in [5, 5.41) is 11.4. The van der Waals surface area contributed by atoms with Crippen LogP contribution in [-0.4, -0.2) is 75.4 Å². The fourth-order valence-electron chi connectivity index (χ4n) is 5.06. The average Bonchev–Trinajstić information content (AvgIpc) is 3.35. The van der Waals surface area contributed by atoms with E-state index in [2.05, 4.69) is 9.88 Å². The Labute approximate surface area is 204 Å². The molecule has 2 saturated heterocycles. The number of fused-ring (bicyclic) bond motifs is 1. The number of likely N-dealkylation sites (tertiary alicyclic amines) is 1. The van der Waals surface area contributed by atoms with Crippen molar-refractivity contribution in [3.05, 3.63) is 76.7 Å². The zero-order valence-electron chi connectivity index (χ0n) is 20.1. The predicted octanol–water partition coefficient (Wildman–Crippen LogP) is 3.10. The minimum absolute atomic E-state index is 0.0942. The second-order valence-electron chi connectivity index (χ2n) is 9.14. The van der Waals surface area contributed by atoms with Crippen molar-refractivity contribution in [1.29, 1.82) is 0 Å². The van der Waals surface area contributed by atoms with Crippen molar-refractivity contribution in [2.24, 2.45) is 0 Å². The molecule has 3 aromatic rings. The molecule has 2 aliphatic rings. The summed E-state index contributed by atoms with van der Waals surface area (Å²) < 4.78 is 7.30. The number of aromatic nitrogens is 2. The lowest BCUT2D eigenvalue weighted by Crippen LogP contribution is -2.38. The molecule has 0 aliphatic carbocycles. The molecule has 0 bridgehead atoms. The number of benzene rings is 1. The van der Waals surface area contributed by atoms with Crippen LogP contribution < -0.4 is 0 Å². The van der Waals surface area contributed by atoms with Gasteiger partial charge in [0.05, 0.1) is 30.5 Å². The normalized spacial score (nSPS) is 20.7. The molecule has 0 saturated carbocycles. The van der Waals surface area contributed by atoms with E-state index < -0.39 is 17.7 Å². The summed E-state index contributed by atoms with van der Waals surface area (Å²) in [6.45, 7) is 8.20. The number of nitrogens with zero attached hydrogens (tertiary/aromatic N) is 4. The molecular formula is C27H30N4O4. The summed E-state index contributed by atoms with van der Waals surface area (Å²) >= 11 is 0. The summed E-state index contributed by atoms with van der Waals surface area (Å²) in [6.07, 6.45) is 2.60. The summed E-state index contributed by atoms with van der Waals surface area (Å²) in [5.74, 6) is -1.48. The van der Waals surface area contributed by atoms with Crippen molar-refractivity contribution >= 4 is 23.1 Å². The third-order valence-corrected chi connectivity index (χ3v) is 6.94. The second kappa shape index (κ2) is 9.64. The Balaban J connectivity index is 1.53. The fraction of sp³-hybridized carbons (Fsp3) is 0.370. The fourth-order valence-corrected chi connectivity index (χ4v) is 5.06. The van der Waals surface area contributed by atoms with Crippen molar-refractivity contribution < 1.29 is 19.4 Å². The summed E-state index contributed by atoms with van der Waals surface area (Å²) in [7, 11) is 0. The number of hydrogen-bond acceptors (Lipinski definition) is 6. The quantitative estimate of drug-likeness (QED) is 0.336. The minimum atomic E-state index is -0.670. The monoisotopic (exact) mass is 474 g/mol. The number of carbonyl (C=O) groups excluding carboxylic acids is 2. The van der Waals surface area contributed by atoms with E-state index in [1.165, 1.54) is 0 Å². The van der Waals surface area contributed by atoms with Crippen LogP contribution in [0.15, 0.2) is 54.2 Å². The smallest absolute Gasteiger partial charge is 0.295 e. The van der Waals surface area contributed by atoms with E-state index in [1.807, 2.05) is 66.9 Å². The maximum atomic E-state index is 13.3. The van der Waals surface area contributed by atoms with Crippen LogP contribution in [0.25, 0.3) is 11.4 Å². The third kappa shape index (κ3) is 4.24. The number of hydrogen-bond donors (Lipinski definition) is 1. The van der Waals surface area contributed by atoms with Crippen molar-refractivity contribution in [1.82, 2.24) is 19.2 Å². The molecule has 2 aromatic heterocycles. The molecule has 1 N–H and O–H groups in total. The van der Waals surface area contributed by atoms with Crippen LogP contribution in [-0.2, 0) is 14.3 Å². The van der Waals surface area contributed by atoms with Crippen molar-refractivity contribution in [2.45, 2.75) is 26.3 Å². The maximum Gasteiger partial charge on any atom is 0.295 e. The van der Waals surface area contributed by atoms with E-state index >= 15 is 0 Å². The number of rotatable bonds is 6. The second-order valence-corrected chi connectivity index (χ2v) is 9.14. The van der Waals surface area contributed by atoms with Gasteiger partial charge in [-0.3, -0.25) is 14.5 Å². The van der Waals surface area contributed by atoms with E-state index in [0.717, 1.165) is 37.2 Å². The number of morpholine rings is 1. The molecule has 4 heterocycles. The van der Waals surface area contributed by atoms with Crippen LogP contribution in [0.4, 0.5) is 0 Å². The van der Waals surface area contributed by atoms with Crippen LogP contribution in [0.5, 0.6) is 0 Å². The number of carbonyl (C=O) groups is 2. The molecule has 35 heavy (non-hydrogen) atoms. The summed E-state index contributed by atoms with van der Waals surface area (Å²) in [4.78, 5) is 35.1. The van der Waals surface area contributed by atoms with Crippen molar-refractivity contribution in [3.63, 3.8) is 0 Å².